The number of unbranched alkanes of at least 4 members (excludes halogenated alkanes) is 2. The Morgan fingerprint density at radius 2 is 1.59 bits per heavy atom. The molecule has 0 unspecified atom stereocenters. The fraction of sp³-hybridized carbons (Fsp3) is 0.320. The largest absolute Gasteiger partial charge is 0.366 e. The Kier molecular flexibility index (Phi) is 7.16. The van der Waals surface area contributed by atoms with Crippen molar-refractivity contribution in [2.45, 2.75) is 52.5 Å². The average Bonchev–Trinajstić information content (AvgIpc) is 3.05. The lowest BCUT2D eigenvalue weighted by Gasteiger charge is -2.13. The van der Waals surface area contributed by atoms with Gasteiger partial charge < -0.3 is 10.3 Å². The first-order chi connectivity index (χ1) is 14.0. The van der Waals surface area contributed by atoms with Crippen molar-refractivity contribution >= 4 is 17.5 Å². The summed E-state index contributed by atoms with van der Waals surface area (Å²) in [5.41, 5.74) is 11.8. The van der Waals surface area contributed by atoms with Crippen molar-refractivity contribution in [3.63, 3.8) is 0 Å². The van der Waals surface area contributed by atoms with Gasteiger partial charge >= 0.3 is 0 Å². The summed E-state index contributed by atoms with van der Waals surface area (Å²) in [5, 5.41) is 0.738. The van der Waals surface area contributed by atoms with Gasteiger partial charge in [-0.15, -0.1) is 0 Å². The Balaban J connectivity index is 1.86. The topological polar surface area (TPSA) is 48.0 Å². The summed E-state index contributed by atoms with van der Waals surface area (Å²) in [6.45, 7) is 4.96. The fourth-order valence-electron chi connectivity index (χ4n) is 3.74. The predicted molar refractivity (Wildman–Crippen MR) is 122 cm³/mol. The van der Waals surface area contributed by atoms with Gasteiger partial charge in [-0.3, -0.25) is 4.79 Å². The second-order valence-corrected chi connectivity index (χ2v) is 8.01. The molecule has 0 aliphatic rings. The lowest BCUT2D eigenvalue weighted by atomic mass is 10.0. The summed E-state index contributed by atoms with van der Waals surface area (Å²) in [6.07, 6.45) is 5.67. The number of halogens is 1. The highest BCUT2D eigenvalue weighted by molar-refractivity contribution is 6.30. The molecule has 0 aliphatic heterocycles. The van der Waals surface area contributed by atoms with Crippen LogP contribution >= 0.6 is 11.6 Å². The zero-order valence-electron chi connectivity index (χ0n) is 17.2. The molecule has 2 aromatic carbocycles. The highest BCUT2D eigenvalue weighted by atomic mass is 35.5. The van der Waals surface area contributed by atoms with Gasteiger partial charge in [0, 0.05) is 23.0 Å². The minimum atomic E-state index is -0.384. The van der Waals surface area contributed by atoms with Crippen LogP contribution in [-0.4, -0.2) is 10.5 Å². The third kappa shape index (κ3) is 5.30. The zero-order valence-corrected chi connectivity index (χ0v) is 18.0. The van der Waals surface area contributed by atoms with E-state index in [4.69, 9.17) is 17.3 Å². The molecule has 1 aromatic heterocycles. The normalized spacial score (nSPS) is 11.0. The molecule has 0 radical (unpaired) electrons. The zero-order chi connectivity index (χ0) is 20.8. The molecular weight excluding hydrogens is 380 g/mol. The minimum absolute atomic E-state index is 0.384. The maximum atomic E-state index is 11.9. The molecule has 0 atom stereocenters. The molecule has 0 spiro atoms. The van der Waals surface area contributed by atoms with Crippen LogP contribution in [0.25, 0.3) is 11.3 Å². The molecule has 1 amide bonds. The van der Waals surface area contributed by atoms with Crippen molar-refractivity contribution in [2.75, 3.05) is 0 Å². The molecule has 29 heavy (non-hydrogen) atoms. The summed E-state index contributed by atoms with van der Waals surface area (Å²) < 4.78 is 2.20. The number of hydrogen-bond donors (Lipinski definition) is 1. The second kappa shape index (κ2) is 9.80. The van der Waals surface area contributed by atoms with E-state index in [1.807, 2.05) is 37.3 Å². The van der Waals surface area contributed by atoms with E-state index in [2.05, 4.69) is 35.8 Å². The molecule has 0 aliphatic carbocycles. The molecule has 0 fully saturated rings. The molecule has 3 nitrogen and oxygen atoms in total. The SMILES string of the molecule is CCCCCc1ccc(-c2cc(C(N)=O)c(C)n2CCc2ccc(Cl)cc2)cc1. The number of carbonyl (C=O) groups is 1. The van der Waals surface area contributed by atoms with E-state index in [0.29, 0.717) is 5.56 Å². The number of amides is 1. The van der Waals surface area contributed by atoms with Crippen molar-refractivity contribution < 1.29 is 4.79 Å². The maximum absolute atomic E-state index is 11.9. The predicted octanol–water partition coefficient (Wildman–Crippen LogP) is 6.19. The van der Waals surface area contributed by atoms with E-state index >= 15 is 0 Å². The third-order valence-electron chi connectivity index (χ3n) is 5.49. The van der Waals surface area contributed by atoms with Crippen molar-refractivity contribution in [3.8, 4) is 11.3 Å². The third-order valence-corrected chi connectivity index (χ3v) is 5.74. The summed E-state index contributed by atoms with van der Waals surface area (Å²) in [6, 6.07) is 18.5. The first-order valence-corrected chi connectivity index (χ1v) is 10.7. The number of benzene rings is 2. The number of nitrogens with two attached hydrogens (primary N) is 1. The number of carbonyl (C=O) groups excluding carboxylic acids is 1. The average molecular weight is 409 g/mol. The number of rotatable bonds is 9. The lowest BCUT2D eigenvalue weighted by Crippen LogP contribution is -2.13. The van der Waals surface area contributed by atoms with Gasteiger partial charge in [-0.05, 0) is 61.1 Å². The Morgan fingerprint density at radius 1 is 0.966 bits per heavy atom. The van der Waals surface area contributed by atoms with Crippen molar-refractivity contribution in [1.82, 2.24) is 4.57 Å². The smallest absolute Gasteiger partial charge is 0.250 e. The highest BCUT2D eigenvalue weighted by Crippen LogP contribution is 2.27. The lowest BCUT2D eigenvalue weighted by molar-refractivity contribution is 0.0999. The first-order valence-electron chi connectivity index (χ1n) is 10.3. The maximum Gasteiger partial charge on any atom is 0.250 e. The number of hydrogen-bond acceptors (Lipinski definition) is 1. The van der Waals surface area contributed by atoms with E-state index in [-0.39, 0.29) is 5.91 Å². The molecule has 0 saturated carbocycles. The summed E-state index contributed by atoms with van der Waals surface area (Å²) in [5.74, 6) is -0.384. The first kappa shape index (κ1) is 21.2. The van der Waals surface area contributed by atoms with E-state index in [1.165, 1.54) is 30.4 Å². The molecule has 0 saturated heterocycles. The van der Waals surface area contributed by atoms with E-state index in [0.717, 1.165) is 41.4 Å². The Morgan fingerprint density at radius 3 is 2.21 bits per heavy atom. The Hall–Kier alpha value is -2.52. The second-order valence-electron chi connectivity index (χ2n) is 7.58. The molecule has 3 aromatic rings. The number of nitrogens with zero attached hydrogens (tertiary/aromatic N) is 1. The number of aromatic nitrogens is 1. The quantitative estimate of drug-likeness (QED) is 0.421. The van der Waals surface area contributed by atoms with Gasteiger partial charge in [0.25, 0.3) is 5.91 Å². The number of primary amides is 1. The van der Waals surface area contributed by atoms with Crippen LogP contribution in [0.4, 0.5) is 0 Å². The van der Waals surface area contributed by atoms with Crippen LogP contribution in [0, 0.1) is 6.92 Å². The molecule has 2 N–H and O–H groups in total. The van der Waals surface area contributed by atoms with Crippen molar-refractivity contribution in [2.24, 2.45) is 5.73 Å². The van der Waals surface area contributed by atoms with Crippen LogP contribution in [0.1, 0.15) is 53.4 Å². The molecule has 152 valence electrons. The standard InChI is InChI=1S/C25H29ClN2O/c1-3-4-5-6-19-7-11-21(12-8-19)24-17-23(25(27)29)18(2)28(24)16-15-20-9-13-22(26)14-10-20/h7-14,17H,3-6,15-16H2,1-2H3,(H2,27,29). The van der Waals surface area contributed by atoms with Crippen LogP contribution in [0.5, 0.6) is 0 Å². The molecule has 0 bridgehead atoms. The van der Waals surface area contributed by atoms with Gasteiger partial charge in [0.2, 0.25) is 0 Å². The monoisotopic (exact) mass is 408 g/mol. The summed E-state index contributed by atoms with van der Waals surface area (Å²) in [4.78, 5) is 11.9. The highest BCUT2D eigenvalue weighted by Gasteiger charge is 2.16. The van der Waals surface area contributed by atoms with E-state index in [1.54, 1.807) is 0 Å². The van der Waals surface area contributed by atoms with Gasteiger partial charge in [-0.25, -0.2) is 0 Å². The minimum Gasteiger partial charge on any atom is -0.366 e. The van der Waals surface area contributed by atoms with Crippen molar-refractivity contribution in [1.29, 1.82) is 0 Å². The van der Waals surface area contributed by atoms with Crippen LogP contribution in [0.15, 0.2) is 54.6 Å². The molecule has 1 heterocycles. The van der Waals surface area contributed by atoms with Gasteiger partial charge in [0.1, 0.15) is 0 Å². The fourth-order valence-corrected chi connectivity index (χ4v) is 3.86. The summed E-state index contributed by atoms with van der Waals surface area (Å²) >= 11 is 5.99. The van der Waals surface area contributed by atoms with E-state index in [9.17, 15) is 4.79 Å². The van der Waals surface area contributed by atoms with Crippen LogP contribution in [0.2, 0.25) is 5.02 Å². The Labute approximate surface area is 178 Å². The number of aryl methyl sites for hydroxylation is 2. The van der Waals surface area contributed by atoms with Gasteiger partial charge in [0.05, 0.1) is 5.56 Å². The van der Waals surface area contributed by atoms with E-state index < -0.39 is 0 Å². The van der Waals surface area contributed by atoms with Crippen LogP contribution in [0.3, 0.4) is 0 Å². The summed E-state index contributed by atoms with van der Waals surface area (Å²) in [7, 11) is 0. The van der Waals surface area contributed by atoms with Crippen molar-refractivity contribution in [3.05, 3.63) is 82.0 Å². The molecule has 3 rings (SSSR count). The van der Waals surface area contributed by atoms with Crippen LogP contribution in [-0.2, 0) is 19.4 Å². The van der Waals surface area contributed by atoms with Gasteiger partial charge in [0.15, 0.2) is 0 Å². The van der Waals surface area contributed by atoms with Crippen LogP contribution < -0.4 is 5.73 Å². The van der Waals surface area contributed by atoms with Gasteiger partial charge in [-0.2, -0.15) is 0 Å². The van der Waals surface area contributed by atoms with Gasteiger partial charge in [-0.1, -0.05) is 67.8 Å². The molecule has 4 heteroatoms. The molecular formula is C25H29ClN2O. The Bertz CT molecular complexity index is 956.